The molecule has 0 aliphatic rings. The molecule has 116 valence electrons. The van der Waals surface area contributed by atoms with Gasteiger partial charge in [-0.2, -0.15) is 0 Å². The van der Waals surface area contributed by atoms with Gasteiger partial charge in [-0.05, 0) is 42.5 Å². The van der Waals surface area contributed by atoms with Crippen molar-refractivity contribution in [2.24, 2.45) is 0 Å². The third-order valence-electron chi connectivity index (χ3n) is 2.95. The van der Waals surface area contributed by atoms with Crippen LogP contribution in [0.25, 0.3) is 0 Å². The Morgan fingerprint density at radius 1 is 1.14 bits per heavy atom. The van der Waals surface area contributed by atoms with Gasteiger partial charge < -0.3 is 10.1 Å². The second-order valence-electron chi connectivity index (χ2n) is 4.60. The van der Waals surface area contributed by atoms with Gasteiger partial charge in [-0.3, -0.25) is 4.79 Å². The molecule has 0 bridgehead atoms. The summed E-state index contributed by atoms with van der Waals surface area (Å²) in [7, 11) is -1.78. The first kappa shape index (κ1) is 16.3. The van der Waals surface area contributed by atoms with Crippen LogP contribution in [-0.2, 0) is 9.84 Å². The fraction of sp³-hybridized carbons (Fsp3) is 0.133. The van der Waals surface area contributed by atoms with Gasteiger partial charge in [-0.25, -0.2) is 8.42 Å². The highest BCUT2D eigenvalue weighted by Gasteiger charge is 2.11. The summed E-state index contributed by atoms with van der Waals surface area (Å²) in [6.07, 6.45) is 1.11. The molecule has 0 aliphatic carbocycles. The van der Waals surface area contributed by atoms with Crippen molar-refractivity contribution in [2.75, 3.05) is 18.7 Å². The molecule has 22 heavy (non-hydrogen) atoms. The molecule has 5 nitrogen and oxygen atoms in total. The first-order valence-electron chi connectivity index (χ1n) is 6.26. The molecule has 7 heteroatoms. The van der Waals surface area contributed by atoms with Gasteiger partial charge >= 0.3 is 0 Å². The summed E-state index contributed by atoms with van der Waals surface area (Å²) in [6.45, 7) is 0. The Morgan fingerprint density at radius 3 is 2.27 bits per heavy atom. The normalized spacial score (nSPS) is 11.0. The molecule has 0 aromatic heterocycles. The highest BCUT2D eigenvalue weighted by molar-refractivity contribution is 7.90. The molecule has 0 unspecified atom stereocenters. The molecule has 0 spiro atoms. The highest BCUT2D eigenvalue weighted by Crippen LogP contribution is 2.27. The minimum Gasteiger partial charge on any atom is -0.495 e. The number of anilines is 1. The van der Waals surface area contributed by atoms with E-state index in [1.807, 2.05) is 0 Å². The maximum Gasteiger partial charge on any atom is 0.255 e. The fourth-order valence-corrected chi connectivity index (χ4v) is 2.69. The SMILES string of the molecule is COc1ccc(NC(=O)c2ccc(S(C)(=O)=O)cc2)cc1Cl. The number of methoxy groups -OCH3 is 1. The topological polar surface area (TPSA) is 72.5 Å². The molecule has 0 aliphatic heterocycles. The molecule has 0 saturated carbocycles. The van der Waals surface area contributed by atoms with E-state index in [9.17, 15) is 13.2 Å². The van der Waals surface area contributed by atoms with Crippen molar-refractivity contribution in [3.05, 3.63) is 53.1 Å². The predicted octanol–water partition coefficient (Wildman–Crippen LogP) is 3.00. The third-order valence-corrected chi connectivity index (χ3v) is 4.38. The van der Waals surface area contributed by atoms with Gasteiger partial charge in [0.15, 0.2) is 9.84 Å². The van der Waals surface area contributed by atoms with Gasteiger partial charge in [0.05, 0.1) is 17.0 Å². The van der Waals surface area contributed by atoms with Gasteiger partial charge in [0.1, 0.15) is 5.75 Å². The van der Waals surface area contributed by atoms with Crippen LogP contribution in [-0.4, -0.2) is 27.7 Å². The number of carbonyl (C=O) groups is 1. The van der Waals surface area contributed by atoms with Gasteiger partial charge in [-0.15, -0.1) is 0 Å². The first-order chi connectivity index (χ1) is 10.3. The van der Waals surface area contributed by atoms with Crippen LogP contribution >= 0.6 is 11.6 Å². The molecular formula is C15H14ClNO4S. The lowest BCUT2D eigenvalue weighted by Crippen LogP contribution is -2.12. The quantitative estimate of drug-likeness (QED) is 0.929. The van der Waals surface area contributed by atoms with E-state index < -0.39 is 9.84 Å². The summed E-state index contributed by atoms with van der Waals surface area (Å²) in [6, 6.07) is 10.6. The Kier molecular flexibility index (Phi) is 4.73. The Balaban J connectivity index is 2.17. The smallest absolute Gasteiger partial charge is 0.255 e. The Labute approximate surface area is 133 Å². The zero-order valence-corrected chi connectivity index (χ0v) is 13.5. The van der Waals surface area contributed by atoms with E-state index in [0.717, 1.165) is 6.26 Å². The average Bonchev–Trinajstić information content (AvgIpc) is 2.46. The third kappa shape index (κ3) is 3.78. The van der Waals surface area contributed by atoms with E-state index in [0.29, 0.717) is 22.0 Å². The van der Waals surface area contributed by atoms with Crippen LogP contribution in [0, 0.1) is 0 Å². The number of sulfone groups is 1. The van der Waals surface area contributed by atoms with Crippen LogP contribution in [0.4, 0.5) is 5.69 Å². The second-order valence-corrected chi connectivity index (χ2v) is 7.02. The molecular weight excluding hydrogens is 326 g/mol. The minimum atomic E-state index is -3.28. The summed E-state index contributed by atoms with van der Waals surface area (Å²) in [5.41, 5.74) is 0.863. The van der Waals surface area contributed by atoms with E-state index >= 15 is 0 Å². The van der Waals surface area contributed by atoms with Gasteiger partial charge in [-0.1, -0.05) is 11.6 Å². The van der Waals surface area contributed by atoms with E-state index in [1.54, 1.807) is 18.2 Å². The number of halogens is 1. The van der Waals surface area contributed by atoms with Crippen molar-refractivity contribution in [1.82, 2.24) is 0 Å². The van der Waals surface area contributed by atoms with E-state index in [2.05, 4.69) is 5.32 Å². The van der Waals surface area contributed by atoms with Crippen LogP contribution in [0.5, 0.6) is 5.75 Å². The van der Waals surface area contributed by atoms with Crippen molar-refractivity contribution in [2.45, 2.75) is 4.90 Å². The standard InChI is InChI=1S/C15H14ClNO4S/c1-21-14-8-5-11(9-13(14)16)17-15(18)10-3-6-12(7-4-10)22(2,19)20/h3-9H,1-2H3,(H,17,18). The number of hydrogen-bond donors (Lipinski definition) is 1. The van der Waals surface area contributed by atoms with Crippen molar-refractivity contribution in [1.29, 1.82) is 0 Å². The second kappa shape index (κ2) is 6.37. The van der Waals surface area contributed by atoms with Crippen molar-refractivity contribution < 1.29 is 17.9 Å². The number of benzene rings is 2. The van der Waals surface area contributed by atoms with Gasteiger partial charge in [0.25, 0.3) is 5.91 Å². The van der Waals surface area contributed by atoms with E-state index in [1.165, 1.54) is 31.4 Å². The molecule has 0 saturated heterocycles. The Hall–Kier alpha value is -2.05. The number of amides is 1. The highest BCUT2D eigenvalue weighted by atomic mass is 35.5. The largest absolute Gasteiger partial charge is 0.495 e. The maximum atomic E-state index is 12.1. The van der Waals surface area contributed by atoms with Crippen molar-refractivity contribution in [3.63, 3.8) is 0 Å². The molecule has 2 aromatic rings. The molecule has 1 amide bonds. The average molecular weight is 340 g/mol. The summed E-state index contributed by atoms with van der Waals surface area (Å²) in [4.78, 5) is 12.3. The number of nitrogens with one attached hydrogen (secondary N) is 1. The number of carbonyl (C=O) groups excluding carboxylic acids is 1. The van der Waals surface area contributed by atoms with Crippen molar-refractivity contribution in [3.8, 4) is 5.75 Å². The van der Waals surface area contributed by atoms with Crippen LogP contribution in [0.3, 0.4) is 0 Å². The first-order valence-corrected chi connectivity index (χ1v) is 8.53. The van der Waals surface area contributed by atoms with Crippen LogP contribution in [0.1, 0.15) is 10.4 Å². The van der Waals surface area contributed by atoms with Gasteiger partial charge in [0.2, 0.25) is 0 Å². The Morgan fingerprint density at radius 2 is 1.77 bits per heavy atom. The molecule has 1 N–H and O–H groups in total. The zero-order chi connectivity index (χ0) is 16.3. The molecule has 2 aromatic carbocycles. The lowest BCUT2D eigenvalue weighted by molar-refractivity contribution is 0.102. The molecule has 2 rings (SSSR count). The predicted molar refractivity (Wildman–Crippen MR) is 85.5 cm³/mol. The molecule has 0 heterocycles. The summed E-state index contributed by atoms with van der Waals surface area (Å²) in [5, 5.41) is 3.06. The molecule has 0 radical (unpaired) electrons. The van der Waals surface area contributed by atoms with E-state index in [-0.39, 0.29) is 10.8 Å². The molecule has 0 fully saturated rings. The fourth-order valence-electron chi connectivity index (χ4n) is 1.80. The van der Waals surface area contributed by atoms with Gasteiger partial charge in [0, 0.05) is 17.5 Å². The summed E-state index contributed by atoms with van der Waals surface area (Å²) < 4.78 is 27.8. The summed E-state index contributed by atoms with van der Waals surface area (Å²) in [5.74, 6) is 0.151. The van der Waals surface area contributed by atoms with E-state index in [4.69, 9.17) is 16.3 Å². The summed E-state index contributed by atoms with van der Waals surface area (Å²) >= 11 is 5.99. The number of hydrogen-bond acceptors (Lipinski definition) is 4. The monoisotopic (exact) mass is 339 g/mol. The van der Waals surface area contributed by atoms with Crippen LogP contribution in [0.15, 0.2) is 47.4 Å². The minimum absolute atomic E-state index is 0.163. The Bertz CT molecular complexity index is 801. The lowest BCUT2D eigenvalue weighted by atomic mass is 10.2. The van der Waals surface area contributed by atoms with Crippen LogP contribution in [0.2, 0.25) is 5.02 Å². The molecule has 0 atom stereocenters. The number of rotatable bonds is 4. The maximum absolute atomic E-state index is 12.1. The number of ether oxygens (including phenoxy) is 1. The van der Waals surface area contributed by atoms with Crippen LogP contribution < -0.4 is 10.1 Å². The zero-order valence-electron chi connectivity index (χ0n) is 12.0. The van der Waals surface area contributed by atoms with Crippen molar-refractivity contribution >= 4 is 33.0 Å². The lowest BCUT2D eigenvalue weighted by Gasteiger charge is -2.08.